The minimum absolute atomic E-state index is 0.418. The van der Waals surface area contributed by atoms with Crippen LogP contribution in [0, 0.1) is 0 Å². The van der Waals surface area contributed by atoms with Gasteiger partial charge >= 0.3 is 0 Å². The highest BCUT2D eigenvalue weighted by Crippen LogP contribution is 2.29. The van der Waals surface area contributed by atoms with Gasteiger partial charge in [-0.3, -0.25) is 0 Å². The Morgan fingerprint density at radius 2 is 2.11 bits per heavy atom. The zero-order chi connectivity index (χ0) is 13.2. The molecule has 3 N–H and O–H groups in total. The van der Waals surface area contributed by atoms with Crippen LogP contribution in [0.3, 0.4) is 0 Å². The van der Waals surface area contributed by atoms with E-state index in [1.165, 1.54) is 25.7 Å². The number of halogens is 1. The van der Waals surface area contributed by atoms with Gasteiger partial charge in [0.05, 0.1) is 0 Å². The Morgan fingerprint density at radius 3 is 2.79 bits per heavy atom. The van der Waals surface area contributed by atoms with Gasteiger partial charge in [0.25, 0.3) is 5.95 Å². The van der Waals surface area contributed by atoms with Crippen molar-refractivity contribution in [3.05, 3.63) is 22.9 Å². The normalized spacial score (nSPS) is 15.8. The Balaban J connectivity index is 1.93. The number of hydrogen-bond donors (Lipinski definition) is 2. The van der Waals surface area contributed by atoms with Gasteiger partial charge in [-0.05, 0) is 34.8 Å². The van der Waals surface area contributed by atoms with Gasteiger partial charge < -0.3 is 11.1 Å². The van der Waals surface area contributed by atoms with Crippen molar-refractivity contribution in [3.8, 4) is 5.95 Å². The molecule has 19 heavy (non-hydrogen) atoms. The molecule has 1 aliphatic carbocycles. The molecule has 3 rings (SSSR count). The number of nitrogens with one attached hydrogen (secondary N) is 1. The van der Waals surface area contributed by atoms with E-state index in [0.717, 1.165) is 10.3 Å². The first-order chi connectivity index (χ1) is 9.24. The maximum Gasteiger partial charge on any atom is 0.254 e. The molecule has 1 aliphatic rings. The number of anilines is 2. The van der Waals surface area contributed by atoms with E-state index in [0.29, 0.717) is 17.8 Å². The molecule has 2 heterocycles. The van der Waals surface area contributed by atoms with E-state index in [1.807, 2.05) is 6.07 Å². The smallest absolute Gasteiger partial charge is 0.254 e. The summed E-state index contributed by atoms with van der Waals surface area (Å²) < 4.78 is 2.32. The van der Waals surface area contributed by atoms with Crippen molar-refractivity contribution in [2.75, 3.05) is 11.1 Å². The molecule has 0 unspecified atom stereocenters. The van der Waals surface area contributed by atoms with Crippen LogP contribution < -0.4 is 11.1 Å². The Bertz CT molecular complexity index is 562. The predicted molar refractivity (Wildman–Crippen MR) is 77.1 cm³/mol. The van der Waals surface area contributed by atoms with Crippen molar-refractivity contribution < 1.29 is 0 Å². The van der Waals surface area contributed by atoms with Gasteiger partial charge in [0.1, 0.15) is 16.1 Å². The number of hydrogen-bond acceptors (Lipinski definition) is 5. The highest BCUT2D eigenvalue weighted by molar-refractivity contribution is 9.10. The summed E-state index contributed by atoms with van der Waals surface area (Å²) >= 11 is 3.44. The minimum atomic E-state index is 0.418. The second kappa shape index (κ2) is 5.16. The Labute approximate surface area is 119 Å². The van der Waals surface area contributed by atoms with Crippen LogP contribution in [0.15, 0.2) is 22.9 Å². The van der Waals surface area contributed by atoms with E-state index in [4.69, 9.17) is 5.73 Å². The van der Waals surface area contributed by atoms with E-state index in [-0.39, 0.29) is 0 Å². The van der Waals surface area contributed by atoms with E-state index in [9.17, 15) is 0 Å². The largest absolute Gasteiger partial charge is 0.383 e. The molecular weight excluding hydrogens is 308 g/mol. The van der Waals surface area contributed by atoms with Crippen LogP contribution in [0.4, 0.5) is 11.6 Å². The third kappa shape index (κ3) is 2.56. The van der Waals surface area contributed by atoms with Gasteiger partial charge in [-0.1, -0.05) is 12.8 Å². The van der Waals surface area contributed by atoms with E-state index < -0.39 is 0 Å². The third-order valence-electron chi connectivity index (χ3n) is 3.27. The monoisotopic (exact) mass is 322 g/mol. The molecule has 0 bridgehead atoms. The Kier molecular flexibility index (Phi) is 3.37. The van der Waals surface area contributed by atoms with Crippen molar-refractivity contribution in [1.82, 2.24) is 19.7 Å². The lowest BCUT2D eigenvalue weighted by Crippen LogP contribution is -2.18. The van der Waals surface area contributed by atoms with Crippen LogP contribution in [-0.4, -0.2) is 25.8 Å². The van der Waals surface area contributed by atoms with Gasteiger partial charge in [-0.2, -0.15) is 15.1 Å². The van der Waals surface area contributed by atoms with Gasteiger partial charge in [-0.15, -0.1) is 0 Å². The highest BCUT2D eigenvalue weighted by Gasteiger charge is 2.18. The number of nitrogens with zero attached hydrogens (tertiary/aromatic N) is 4. The molecule has 1 fully saturated rings. The number of nitrogens with two attached hydrogens (primary N) is 1. The molecule has 2 aromatic rings. The number of rotatable bonds is 3. The molecule has 100 valence electrons. The molecular formula is C12H15BrN6. The summed E-state index contributed by atoms with van der Waals surface area (Å²) in [7, 11) is 0. The summed E-state index contributed by atoms with van der Waals surface area (Å²) in [6.45, 7) is 0. The first kappa shape index (κ1) is 12.4. The van der Waals surface area contributed by atoms with E-state index >= 15 is 0 Å². The molecule has 6 nitrogen and oxygen atoms in total. The lowest BCUT2D eigenvalue weighted by Gasteiger charge is -2.15. The fourth-order valence-corrected chi connectivity index (χ4v) is 2.59. The van der Waals surface area contributed by atoms with Crippen molar-refractivity contribution in [2.24, 2.45) is 0 Å². The van der Waals surface area contributed by atoms with Crippen molar-refractivity contribution >= 4 is 27.6 Å². The summed E-state index contributed by atoms with van der Waals surface area (Å²) in [5, 5.41) is 7.56. The SMILES string of the molecule is Nc1nc(-n2cccn2)nc(NC2CCCC2)c1Br. The summed E-state index contributed by atoms with van der Waals surface area (Å²) in [6, 6.07) is 2.29. The quantitative estimate of drug-likeness (QED) is 0.906. The van der Waals surface area contributed by atoms with E-state index in [1.54, 1.807) is 17.1 Å². The standard InChI is InChI=1S/C12H15BrN6/c13-9-10(14)17-12(19-7-3-6-15-19)18-11(9)16-8-4-1-2-5-8/h3,6-8H,1-2,4-5H2,(H3,14,16,17,18). The molecule has 0 radical (unpaired) electrons. The van der Waals surface area contributed by atoms with Crippen molar-refractivity contribution in [2.45, 2.75) is 31.7 Å². The van der Waals surface area contributed by atoms with Crippen molar-refractivity contribution in [3.63, 3.8) is 0 Å². The van der Waals surface area contributed by atoms with Crippen LogP contribution >= 0.6 is 15.9 Å². The second-order valence-corrected chi connectivity index (χ2v) is 5.44. The highest BCUT2D eigenvalue weighted by atomic mass is 79.9. The number of nitrogen functional groups attached to an aromatic ring is 1. The molecule has 0 aliphatic heterocycles. The summed E-state index contributed by atoms with van der Waals surface area (Å²) in [6.07, 6.45) is 8.36. The molecule has 2 aromatic heterocycles. The molecule has 0 saturated heterocycles. The average Bonchev–Trinajstić information content (AvgIpc) is 3.07. The molecule has 0 aromatic carbocycles. The van der Waals surface area contributed by atoms with Crippen LogP contribution in [0.1, 0.15) is 25.7 Å². The van der Waals surface area contributed by atoms with Crippen molar-refractivity contribution in [1.29, 1.82) is 0 Å². The average molecular weight is 323 g/mol. The summed E-state index contributed by atoms with van der Waals surface area (Å²) in [5.41, 5.74) is 5.92. The zero-order valence-corrected chi connectivity index (χ0v) is 12.0. The van der Waals surface area contributed by atoms with Gasteiger partial charge in [0.15, 0.2) is 0 Å². The lowest BCUT2D eigenvalue weighted by molar-refractivity contribution is 0.742. The topological polar surface area (TPSA) is 81.7 Å². The van der Waals surface area contributed by atoms with Gasteiger partial charge in [-0.25, -0.2) is 4.68 Å². The Hall–Kier alpha value is -1.63. The minimum Gasteiger partial charge on any atom is -0.383 e. The molecule has 0 spiro atoms. The van der Waals surface area contributed by atoms with Gasteiger partial charge in [0, 0.05) is 18.4 Å². The van der Waals surface area contributed by atoms with Crippen LogP contribution in [-0.2, 0) is 0 Å². The van der Waals surface area contributed by atoms with Crippen LogP contribution in [0.2, 0.25) is 0 Å². The lowest BCUT2D eigenvalue weighted by atomic mass is 10.2. The van der Waals surface area contributed by atoms with E-state index in [2.05, 4.69) is 36.3 Å². The van der Waals surface area contributed by atoms with Gasteiger partial charge in [0.2, 0.25) is 0 Å². The number of aromatic nitrogens is 4. The fourth-order valence-electron chi connectivity index (χ4n) is 2.30. The van der Waals surface area contributed by atoms with Crippen LogP contribution in [0.5, 0.6) is 0 Å². The molecule has 0 atom stereocenters. The van der Waals surface area contributed by atoms with Crippen LogP contribution in [0.25, 0.3) is 5.95 Å². The summed E-state index contributed by atoms with van der Waals surface area (Å²) in [5.74, 6) is 1.64. The first-order valence-corrected chi connectivity index (χ1v) is 7.13. The fraction of sp³-hybridized carbons (Fsp3) is 0.417. The molecule has 1 saturated carbocycles. The predicted octanol–water partition coefficient (Wildman–Crippen LogP) is 2.36. The third-order valence-corrected chi connectivity index (χ3v) is 4.05. The Morgan fingerprint density at radius 1 is 1.32 bits per heavy atom. The summed E-state index contributed by atoms with van der Waals surface area (Å²) in [4.78, 5) is 8.72. The first-order valence-electron chi connectivity index (χ1n) is 6.33. The maximum atomic E-state index is 5.92. The molecule has 7 heteroatoms. The zero-order valence-electron chi connectivity index (χ0n) is 10.4. The second-order valence-electron chi connectivity index (χ2n) is 4.65. The molecule has 0 amide bonds. The maximum absolute atomic E-state index is 5.92.